The molecule has 0 bridgehead atoms. The molecule has 0 aromatic heterocycles. The van der Waals surface area contributed by atoms with Gasteiger partial charge >= 0.3 is 0 Å². The molecule has 1 nitrogen and oxygen atoms in total. The van der Waals surface area contributed by atoms with Crippen LogP contribution in [-0.4, -0.2) is 12.1 Å². The quantitative estimate of drug-likeness (QED) is 0.650. The van der Waals surface area contributed by atoms with Crippen LogP contribution in [-0.2, 0) is 0 Å². The summed E-state index contributed by atoms with van der Waals surface area (Å²) in [7, 11) is 0. The monoisotopic (exact) mass is 196 g/mol. The summed E-state index contributed by atoms with van der Waals surface area (Å²) in [5, 5.41) is 4.99. The second-order valence-corrected chi connectivity index (χ2v) is 4.71. The molecule has 1 radical (unpaired) electrons. The molecule has 1 heteroatoms. The van der Waals surface area contributed by atoms with E-state index in [1.54, 1.807) is 0 Å². The first kappa shape index (κ1) is 12.0. The van der Waals surface area contributed by atoms with Crippen molar-refractivity contribution < 1.29 is 0 Å². The maximum Gasteiger partial charge on any atom is 0.0407 e. The van der Waals surface area contributed by atoms with Crippen molar-refractivity contribution in [3.8, 4) is 0 Å². The van der Waals surface area contributed by atoms with Crippen LogP contribution >= 0.6 is 0 Å². The number of hydrogen-bond acceptors (Lipinski definition) is 0. The SMILES string of the molecule is CCC1(CC)CCC[N]C1(CC)CC. The summed E-state index contributed by atoms with van der Waals surface area (Å²) in [5.74, 6) is 0. The van der Waals surface area contributed by atoms with Crippen molar-refractivity contribution in [3.05, 3.63) is 0 Å². The fourth-order valence-corrected chi connectivity index (χ4v) is 3.60. The molecule has 1 aliphatic heterocycles. The minimum Gasteiger partial charge on any atom is -0.235 e. The van der Waals surface area contributed by atoms with Gasteiger partial charge in [0.05, 0.1) is 0 Å². The van der Waals surface area contributed by atoms with Crippen molar-refractivity contribution in [2.75, 3.05) is 6.54 Å². The molecule has 0 unspecified atom stereocenters. The van der Waals surface area contributed by atoms with Gasteiger partial charge in [0, 0.05) is 12.1 Å². The first-order valence-corrected chi connectivity index (χ1v) is 6.39. The summed E-state index contributed by atoms with van der Waals surface area (Å²) < 4.78 is 0. The van der Waals surface area contributed by atoms with Crippen LogP contribution in [0.1, 0.15) is 66.2 Å². The summed E-state index contributed by atoms with van der Waals surface area (Å²) in [6.45, 7) is 10.4. The van der Waals surface area contributed by atoms with Crippen LogP contribution in [0, 0.1) is 5.41 Å². The molecule has 1 heterocycles. The third kappa shape index (κ3) is 1.60. The van der Waals surface area contributed by atoms with Crippen molar-refractivity contribution in [1.29, 1.82) is 0 Å². The van der Waals surface area contributed by atoms with Crippen molar-refractivity contribution in [1.82, 2.24) is 5.32 Å². The van der Waals surface area contributed by atoms with E-state index in [1.807, 2.05) is 0 Å². The van der Waals surface area contributed by atoms with Crippen LogP contribution in [0.5, 0.6) is 0 Å². The van der Waals surface area contributed by atoms with Crippen LogP contribution in [0.15, 0.2) is 0 Å². The summed E-state index contributed by atoms with van der Waals surface area (Å²) in [6, 6.07) is 0. The van der Waals surface area contributed by atoms with Crippen molar-refractivity contribution in [2.24, 2.45) is 5.41 Å². The Kier molecular flexibility index (Phi) is 4.00. The van der Waals surface area contributed by atoms with Gasteiger partial charge in [-0.05, 0) is 43.9 Å². The van der Waals surface area contributed by atoms with Gasteiger partial charge in [-0.1, -0.05) is 27.7 Å². The molecule has 1 saturated heterocycles. The number of piperidine rings is 1. The zero-order valence-electron chi connectivity index (χ0n) is 10.4. The smallest absolute Gasteiger partial charge is 0.0407 e. The summed E-state index contributed by atoms with van der Waals surface area (Å²) >= 11 is 0. The first-order valence-electron chi connectivity index (χ1n) is 6.39. The van der Waals surface area contributed by atoms with E-state index in [9.17, 15) is 0 Å². The predicted octanol–water partition coefficient (Wildman–Crippen LogP) is 3.75. The predicted molar refractivity (Wildman–Crippen MR) is 62.6 cm³/mol. The Balaban J connectivity index is 2.96. The summed E-state index contributed by atoms with van der Waals surface area (Å²) in [6.07, 6.45) is 7.76. The third-order valence-corrected chi connectivity index (χ3v) is 4.74. The van der Waals surface area contributed by atoms with Crippen LogP contribution in [0.25, 0.3) is 0 Å². The highest BCUT2D eigenvalue weighted by molar-refractivity contribution is 5.04. The molecule has 0 amide bonds. The van der Waals surface area contributed by atoms with Gasteiger partial charge in [0.2, 0.25) is 0 Å². The maximum atomic E-state index is 4.99. The number of nitrogens with zero attached hydrogens (tertiary/aromatic N) is 1. The van der Waals surface area contributed by atoms with Gasteiger partial charge in [-0.15, -0.1) is 0 Å². The normalized spacial score (nSPS) is 24.9. The van der Waals surface area contributed by atoms with Gasteiger partial charge in [0.15, 0.2) is 0 Å². The average molecular weight is 196 g/mol. The van der Waals surface area contributed by atoms with Crippen LogP contribution in [0.4, 0.5) is 0 Å². The second kappa shape index (κ2) is 4.65. The lowest BCUT2D eigenvalue weighted by Crippen LogP contribution is -2.57. The van der Waals surface area contributed by atoms with Gasteiger partial charge in [0.25, 0.3) is 0 Å². The minimum absolute atomic E-state index is 0.300. The summed E-state index contributed by atoms with van der Waals surface area (Å²) in [5.41, 5.74) is 0.809. The van der Waals surface area contributed by atoms with Gasteiger partial charge in [-0.3, -0.25) is 0 Å². The van der Waals surface area contributed by atoms with E-state index in [0.29, 0.717) is 11.0 Å². The zero-order chi connectivity index (χ0) is 10.7. The molecule has 0 spiro atoms. The molecule has 0 N–H and O–H groups in total. The average Bonchev–Trinajstić information content (AvgIpc) is 2.28. The van der Waals surface area contributed by atoms with E-state index in [2.05, 4.69) is 27.7 Å². The standard InChI is InChI=1S/C13H26N/c1-5-12(6-2)10-9-11-14-13(12,7-3)8-4/h5-11H2,1-4H3. The lowest BCUT2D eigenvalue weighted by atomic mass is 9.59. The van der Waals surface area contributed by atoms with Gasteiger partial charge in [-0.25, -0.2) is 5.32 Å². The van der Waals surface area contributed by atoms with Crippen LogP contribution in [0.2, 0.25) is 0 Å². The first-order chi connectivity index (χ1) is 6.70. The van der Waals surface area contributed by atoms with E-state index in [4.69, 9.17) is 5.32 Å². The summed E-state index contributed by atoms with van der Waals surface area (Å²) in [4.78, 5) is 0. The largest absolute Gasteiger partial charge is 0.235 e. The Hall–Kier alpha value is -0.0400. The maximum absolute atomic E-state index is 4.99. The van der Waals surface area contributed by atoms with Crippen LogP contribution < -0.4 is 5.32 Å². The highest BCUT2D eigenvalue weighted by Crippen LogP contribution is 2.49. The molecular formula is C13H26N. The van der Waals surface area contributed by atoms with Crippen LogP contribution in [0.3, 0.4) is 0 Å². The second-order valence-electron chi connectivity index (χ2n) is 4.71. The molecule has 0 aliphatic carbocycles. The van der Waals surface area contributed by atoms with Gasteiger partial charge in [-0.2, -0.15) is 0 Å². The zero-order valence-corrected chi connectivity index (χ0v) is 10.4. The molecular weight excluding hydrogens is 170 g/mol. The van der Waals surface area contributed by atoms with E-state index < -0.39 is 0 Å². The molecule has 0 saturated carbocycles. The third-order valence-electron chi connectivity index (χ3n) is 4.74. The van der Waals surface area contributed by atoms with E-state index in [-0.39, 0.29) is 0 Å². The van der Waals surface area contributed by atoms with Crippen molar-refractivity contribution in [2.45, 2.75) is 71.8 Å². The highest BCUT2D eigenvalue weighted by Gasteiger charge is 2.48. The van der Waals surface area contributed by atoms with Gasteiger partial charge in [0.1, 0.15) is 0 Å². The Morgan fingerprint density at radius 2 is 1.50 bits per heavy atom. The molecule has 0 aromatic rings. The Bertz CT molecular complexity index is 146. The van der Waals surface area contributed by atoms with E-state index >= 15 is 0 Å². The minimum atomic E-state index is 0.300. The van der Waals surface area contributed by atoms with Crippen molar-refractivity contribution in [3.63, 3.8) is 0 Å². The topological polar surface area (TPSA) is 14.1 Å². The van der Waals surface area contributed by atoms with E-state index in [0.717, 1.165) is 6.54 Å². The molecule has 1 fully saturated rings. The molecule has 83 valence electrons. The fourth-order valence-electron chi connectivity index (χ4n) is 3.60. The molecule has 1 rings (SSSR count). The van der Waals surface area contributed by atoms with E-state index in [1.165, 1.54) is 38.5 Å². The number of hydrogen-bond donors (Lipinski definition) is 0. The lowest BCUT2D eigenvalue weighted by Gasteiger charge is -2.53. The molecule has 14 heavy (non-hydrogen) atoms. The van der Waals surface area contributed by atoms with Crippen molar-refractivity contribution >= 4 is 0 Å². The Morgan fingerprint density at radius 3 is 1.86 bits per heavy atom. The lowest BCUT2D eigenvalue weighted by molar-refractivity contribution is 0.0186. The molecule has 0 atom stereocenters. The molecule has 0 aromatic carbocycles. The fraction of sp³-hybridized carbons (Fsp3) is 1.00. The molecule has 1 aliphatic rings. The Morgan fingerprint density at radius 1 is 0.929 bits per heavy atom. The Labute approximate surface area is 89.7 Å². The highest BCUT2D eigenvalue weighted by atomic mass is 15.0. The van der Waals surface area contributed by atoms with Gasteiger partial charge < -0.3 is 0 Å². The number of rotatable bonds is 4.